The van der Waals surface area contributed by atoms with Gasteiger partial charge in [-0.15, -0.1) is 0 Å². The van der Waals surface area contributed by atoms with Crippen LogP contribution in [0.3, 0.4) is 0 Å². The fourth-order valence-corrected chi connectivity index (χ4v) is 1.13. The number of rotatable bonds is 4. The quantitative estimate of drug-likeness (QED) is 0.752. The molecule has 3 N–H and O–H groups in total. The summed E-state index contributed by atoms with van der Waals surface area (Å²) in [5.41, 5.74) is 5.74. The molecule has 1 rings (SSSR count). The van der Waals surface area contributed by atoms with Gasteiger partial charge in [-0.3, -0.25) is 9.59 Å². The molecule has 0 aromatic heterocycles. The van der Waals surface area contributed by atoms with Crippen molar-refractivity contribution in [3.05, 3.63) is 35.4 Å². The summed E-state index contributed by atoms with van der Waals surface area (Å²) in [5.74, 6) is -0.788. The highest BCUT2D eigenvalue weighted by Crippen LogP contribution is 2.03. The van der Waals surface area contributed by atoms with Gasteiger partial charge in [-0.1, -0.05) is 6.07 Å². The van der Waals surface area contributed by atoms with E-state index in [0.29, 0.717) is 11.1 Å². The number of carbonyl (C=O) groups is 2. The van der Waals surface area contributed by atoms with Crippen molar-refractivity contribution in [3.8, 4) is 6.07 Å². The fourth-order valence-electron chi connectivity index (χ4n) is 1.13. The van der Waals surface area contributed by atoms with Gasteiger partial charge in [-0.2, -0.15) is 5.26 Å². The number of carbonyl (C=O) groups excluding carboxylic acids is 2. The summed E-state index contributed by atoms with van der Waals surface area (Å²) in [6, 6.07) is 8.26. The lowest BCUT2D eigenvalue weighted by molar-refractivity contribution is -0.117. The molecule has 0 spiro atoms. The third-order valence-electron chi connectivity index (χ3n) is 1.91. The topological polar surface area (TPSA) is 96.0 Å². The molecule has 5 nitrogen and oxygen atoms in total. The van der Waals surface area contributed by atoms with Crippen molar-refractivity contribution in [1.82, 2.24) is 5.32 Å². The first kappa shape index (κ1) is 11.7. The van der Waals surface area contributed by atoms with Gasteiger partial charge in [0.1, 0.15) is 0 Å². The van der Waals surface area contributed by atoms with E-state index in [-0.39, 0.29) is 18.9 Å². The maximum absolute atomic E-state index is 11.5. The zero-order chi connectivity index (χ0) is 12.0. The Kier molecular flexibility index (Phi) is 4.04. The molecule has 0 unspecified atom stereocenters. The van der Waals surface area contributed by atoms with E-state index in [1.54, 1.807) is 18.2 Å². The first-order valence-corrected chi connectivity index (χ1v) is 4.70. The standard InChI is InChI=1S/C11H11N3O2/c12-7-8-2-1-3-9(6-8)11(16)14-5-4-10(13)15/h1-3,6H,4-5H2,(H2,13,15)(H,14,16). The lowest BCUT2D eigenvalue weighted by Gasteiger charge is -2.03. The number of amides is 2. The third-order valence-corrected chi connectivity index (χ3v) is 1.91. The van der Waals surface area contributed by atoms with Gasteiger partial charge in [0.2, 0.25) is 5.91 Å². The predicted molar refractivity (Wildman–Crippen MR) is 57.3 cm³/mol. The predicted octanol–water partition coefficient (Wildman–Crippen LogP) is 0.163. The molecule has 1 aromatic carbocycles. The maximum Gasteiger partial charge on any atom is 0.251 e. The van der Waals surface area contributed by atoms with Crippen molar-refractivity contribution in [1.29, 1.82) is 5.26 Å². The molecule has 5 heteroatoms. The summed E-state index contributed by atoms with van der Waals surface area (Å²) in [4.78, 5) is 22.0. The van der Waals surface area contributed by atoms with Crippen LogP contribution in [0.15, 0.2) is 24.3 Å². The SMILES string of the molecule is N#Cc1cccc(C(=O)NCCC(N)=O)c1. The van der Waals surface area contributed by atoms with Gasteiger partial charge >= 0.3 is 0 Å². The Balaban J connectivity index is 2.59. The van der Waals surface area contributed by atoms with Gasteiger partial charge in [-0.05, 0) is 18.2 Å². The molecule has 82 valence electrons. The van der Waals surface area contributed by atoms with E-state index < -0.39 is 5.91 Å². The zero-order valence-corrected chi connectivity index (χ0v) is 8.56. The zero-order valence-electron chi connectivity index (χ0n) is 8.56. The molecular weight excluding hydrogens is 206 g/mol. The molecule has 0 bridgehead atoms. The molecule has 0 saturated heterocycles. The third kappa shape index (κ3) is 3.42. The molecule has 16 heavy (non-hydrogen) atoms. The smallest absolute Gasteiger partial charge is 0.251 e. The van der Waals surface area contributed by atoms with Crippen LogP contribution in [0.25, 0.3) is 0 Å². The second kappa shape index (κ2) is 5.51. The van der Waals surface area contributed by atoms with Crippen LogP contribution in [0.5, 0.6) is 0 Å². The van der Waals surface area contributed by atoms with E-state index in [0.717, 1.165) is 0 Å². The van der Waals surface area contributed by atoms with Crippen LogP contribution in [0.1, 0.15) is 22.3 Å². The number of primary amides is 1. The summed E-state index contributed by atoms with van der Waals surface area (Å²) in [6.07, 6.45) is 0.101. The minimum absolute atomic E-state index is 0.101. The summed E-state index contributed by atoms with van der Waals surface area (Å²) >= 11 is 0. The van der Waals surface area contributed by atoms with Crippen molar-refractivity contribution in [2.45, 2.75) is 6.42 Å². The molecule has 0 fully saturated rings. The molecular formula is C11H11N3O2. The number of hydrogen-bond donors (Lipinski definition) is 2. The Hall–Kier alpha value is -2.35. The average molecular weight is 217 g/mol. The Morgan fingerprint density at radius 2 is 2.19 bits per heavy atom. The van der Waals surface area contributed by atoms with Crippen molar-refractivity contribution < 1.29 is 9.59 Å². The molecule has 0 atom stereocenters. The minimum Gasteiger partial charge on any atom is -0.370 e. The van der Waals surface area contributed by atoms with Crippen LogP contribution in [-0.4, -0.2) is 18.4 Å². The van der Waals surface area contributed by atoms with Crippen molar-refractivity contribution in [2.24, 2.45) is 5.73 Å². The van der Waals surface area contributed by atoms with Gasteiger partial charge < -0.3 is 11.1 Å². The number of hydrogen-bond acceptors (Lipinski definition) is 3. The minimum atomic E-state index is -0.467. The van der Waals surface area contributed by atoms with Crippen molar-refractivity contribution >= 4 is 11.8 Å². The first-order chi connectivity index (χ1) is 7.63. The van der Waals surface area contributed by atoms with Crippen LogP contribution in [0, 0.1) is 11.3 Å². The molecule has 0 aliphatic heterocycles. The number of nitrogens with zero attached hydrogens (tertiary/aromatic N) is 1. The molecule has 2 amide bonds. The first-order valence-electron chi connectivity index (χ1n) is 4.70. The number of benzene rings is 1. The van der Waals surface area contributed by atoms with Gasteiger partial charge in [0.15, 0.2) is 0 Å². The highest BCUT2D eigenvalue weighted by Gasteiger charge is 2.05. The van der Waals surface area contributed by atoms with E-state index in [4.69, 9.17) is 11.0 Å². The largest absolute Gasteiger partial charge is 0.370 e. The van der Waals surface area contributed by atoms with E-state index in [1.807, 2.05) is 6.07 Å². The van der Waals surface area contributed by atoms with Crippen molar-refractivity contribution in [2.75, 3.05) is 6.54 Å². The Morgan fingerprint density at radius 3 is 2.81 bits per heavy atom. The van der Waals surface area contributed by atoms with Gasteiger partial charge in [0.25, 0.3) is 5.91 Å². The van der Waals surface area contributed by atoms with Gasteiger partial charge in [0, 0.05) is 18.5 Å². The highest BCUT2D eigenvalue weighted by molar-refractivity contribution is 5.94. The van der Waals surface area contributed by atoms with Crippen LogP contribution in [0.4, 0.5) is 0 Å². The molecule has 0 aliphatic rings. The van der Waals surface area contributed by atoms with Crippen LogP contribution in [-0.2, 0) is 4.79 Å². The molecule has 1 aromatic rings. The lowest BCUT2D eigenvalue weighted by atomic mass is 10.1. The lowest BCUT2D eigenvalue weighted by Crippen LogP contribution is -2.27. The van der Waals surface area contributed by atoms with Gasteiger partial charge in [-0.25, -0.2) is 0 Å². The van der Waals surface area contributed by atoms with Crippen molar-refractivity contribution in [3.63, 3.8) is 0 Å². The van der Waals surface area contributed by atoms with Gasteiger partial charge in [0.05, 0.1) is 11.6 Å². The average Bonchev–Trinajstić information content (AvgIpc) is 2.28. The maximum atomic E-state index is 11.5. The number of nitriles is 1. The Morgan fingerprint density at radius 1 is 1.44 bits per heavy atom. The summed E-state index contributed by atoms with van der Waals surface area (Å²) in [7, 11) is 0. The second-order valence-corrected chi connectivity index (χ2v) is 3.16. The summed E-state index contributed by atoms with van der Waals surface area (Å²) in [6.45, 7) is 0.199. The number of nitrogens with one attached hydrogen (secondary N) is 1. The summed E-state index contributed by atoms with van der Waals surface area (Å²) in [5, 5.41) is 11.2. The monoisotopic (exact) mass is 217 g/mol. The molecule has 0 heterocycles. The highest BCUT2D eigenvalue weighted by atomic mass is 16.2. The molecule has 0 aliphatic carbocycles. The Bertz CT molecular complexity index is 449. The molecule has 0 saturated carbocycles. The summed E-state index contributed by atoms with van der Waals surface area (Å²) < 4.78 is 0. The van der Waals surface area contributed by atoms with E-state index in [2.05, 4.69) is 5.32 Å². The van der Waals surface area contributed by atoms with Crippen LogP contribution in [0.2, 0.25) is 0 Å². The Labute approximate surface area is 92.9 Å². The second-order valence-electron chi connectivity index (χ2n) is 3.16. The van der Waals surface area contributed by atoms with Crippen LogP contribution < -0.4 is 11.1 Å². The molecule has 0 radical (unpaired) electrons. The van der Waals surface area contributed by atoms with E-state index >= 15 is 0 Å². The van der Waals surface area contributed by atoms with Crippen LogP contribution >= 0.6 is 0 Å². The fraction of sp³-hybridized carbons (Fsp3) is 0.182. The van der Waals surface area contributed by atoms with E-state index in [1.165, 1.54) is 6.07 Å². The van der Waals surface area contributed by atoms with E-state index in [9.17, 15) is 9.59 Å². The normalized spacial score (nSPS) is 9.19. The number of nitrogens with two attached hydrogens (primary N) is 1.